The Bertz CT molecular complexity index is 284. The summed E-state index contributed by atoms with van der Waals surface area (Å²) in [4.78, 5) is 25.2. The van der Waals surface area contributed by atoms with Crippen molar-refractivity contribution in [1.29, 1.82) is 0 Å². The molecule has 0 bridgehead atoms. The van der Waals surface area contributed by atoms with Crippen LogP contribution in [0.2, 0.25) is 0 Å². The summed E-state index contributed by atoms with van der Waals surface area (Å²) in [5, 5.41) is 2.79. The number of ether oxygens (including phenoxy) is 1. The van der Waals surface area contributed by atoms with E-state index in [2.05, 4.69) is 5.32 Å². The molecule has 0 spiro atoms. The predicted octanol–water partition coefficient (Wildman–Crippen LogP) is -0.664. The molecular weight excluding hydrogens is 234 g/mol. The van der Waals surface area contributed by atoms with Gasteiger partial charge in [0.25, 0.3) is 0 Å². The van der Waals surface area contributed by atoms with Gasteiger partial charge in [0.05, 0.1) is 19.1 Å². The molecule has 1 aliphatic rings. The van der Waals surface area contributed by atoms with E-state index in [0.29, 0.717) is 26.2 Å². The van der Waals surface area contributed by atoms with Crippen LogP contribution >= 0.6 is 0 Å². The Hall–Kier alpha value is -1.14. The molecule has 6 nitrogen and oxygen atoms in total. The van der Waals surface area contributed by atoms with Crippen LogP contribution in [0.1, 0.15) is 19.8 Å². The van der Waals surface area contributed by atoms with Crippen molar-refractivity contribution in [2.24, 2.45) is 11.7 Å². The van der Waals surface area contributed by atoms with Crippen molar-refractivity contribution in [2.45, 2.75) is 19.8 Å². The predicted molar refractivity (Wildman–Crippen MR) is 67.9 cm³/mol. The minimum absolute atomic E-state index is 0.0361. The first-order valence-corrected chi connectivity index (χ1v) is 6.53. The molecule has 1 fully saturated rings. The fourth-order valence-electron chi connectivity index (χ4n) is 2.14. The molecule has 6 heteroatoms. The summed E-state index contributed by atoms with van der Waals surface area (Å²) < 4.78 is 4.91. The molecule has 18 heavy (non-hydrogen) atoms. The van der Waals surface area contributed by atoms with Crippen LogP contribution < -0.4 is 11.1 Å². The summed E-state index contributed by atoms with van der Waals surface area (Å²) in [5.41, 5.74) is 5.35. The number of hydrogen-bond donors (Lipinski definition) is 2. The summed E-state index contributed by atoms with van der Waals surface area (Å²) >= 11 is 0. The molecular formula is C12H23N3O3. The summed E-state index contributed by atoms with van der Waals surface area (Å²) in [6.07, 6.45) is 1.80. The zero-order chi connectivity index (χ0) is 13.4. The highest BCUT2D eigenvalue weighted by Gasteiger charge is 2.26. The number of esters is 1. The Morgan fingerprint density at radius 3 is 2.94 bits per heavy atom. The molecule has 0 aromatic rings. The van der Waals surface area contributed by atoms with Crippen LogP contribution in [0, 0.1) is 5.92 Å². The second kappa shape index (κ2) is 8.05. The van der Waals surface area contributed by atoms with Gasteiger partial charge in [-0.15, -0.1) is 0 Å². The molecule has 1 amide bonds. The summed E-state index contributed by atoms with van der Waals surface area (Å²) in [6, 6.07) is 0. The van der Waals surface area contributed by atoms with Gasteiger partial charge in [0.2, 0.25) is 5.91 Å². The Balaban J connectivity index is 2.36. The SMILES string of the molecule is CCOC(=O)CN1CCCC(C(=O)NCCN)C1. The Morgan fingerprint density at radius 2 is 2.28 bits per heavy atom. The van der Waals surface area contributed by atoms with Crippen LogP contribution in [0.5, 0.6) is 0 Å². The standard InChI is InChI=1S/C12H23N3O3/c1-2-18-11(16)9-15-7-3-4-10(8-15)12(17)14-6-5-13/h10H,2-9,13H2,1H3,(H,14,17). The molecule has 1 saturated heterocycles. The highest BCUT2D eigenvalue weighted by molar-refractivity contribution is 5.79. The van der Waals surface area contributed by atoms with E-state index in [4.69, 9.17) is 10.5 Å². The lowest BCUT2D eigenvalue weighted by Gasteiger charge is -2.31. The van der Waals surface area contributed by atoms with E-state index in [-0.39, 0.29) is 24.3 Å². The molecule has 0 saturated carbocycles. The molecule has 104 valence electrons. The van der Waals surface area contributed by atoms with Crippen molar-refractivity contribution in [2.75, 3.05) is 39.3 Å². The van der Waals surface area contributed by atoms with E-state index in [9.17, 15) is 9.59 Å². The molecule has 1 aliphatic heterocycles. The van der Waals surface area contributed by atoms with Crippen molar-refractivity contribution in [1.82, 2.24) is 10.2 Å². The molecule has 3 N–H and O–H groups in total. The van der Waals surface area contributed by atoms with Crippen LogP contribution in [0.3, 0.4) is 0 Å². The van der Waals surface area contributed by atoms with Gasteiger partial charge in [0.15, 0.2) is 0 Å². The second-order valence-corrected chi connectivity index (χ2v) is 4.46. The zero-order valence-corrected chi connectivity index (χ0v) is 11.0. The van der Waals surface area contributed by atoms with E-state index in [1.165, 1.54) is 0 Å². The quantitative estimate of drug-likeness (QED) is 0.617. The lowest BCUT2D eigenvalue weighted by molar-refractivity contribution is -0.145. The van der Waals surface area contributed by atoms with Gasteiger partial charge in [0, 0.05) is 19.6 Å². The highest BCUT2D eigenvalue weighted by atomic mass is 16.5. The summed E-state index contributed by atoms with van der Waals surface area (Å²) in [5.74, 6) is -0.228. The van der Waals surface area contributed by atoms with Crippen molar-refractivity contribution >= 4 is 11.9 Å². The van der Waals surface area contributed by atoms with E-state index >= 15 is 0 Å². The number of nitrogens with one attached hydrogen (secondary N) is 1. The van der Waals surface area contributed by atoms with E-state index in [1.807, 2.05) is 4.90 Å². The molecule has 1 heterocycles. The maximum atomic E-state index is 11.8. The average molecular weight is 257 g/mol. The first-order chi connectivity index (χ1) is 8.67. The lowest BCUT2D eigenvalue weighted by Crippen LogP contribution is -2.45. The van der Waals surface area contributed by atoms with Crippen LogP contribution in [-0.4, -0.2) is 56.1 Å². The lowest BCUT2D eigenvalue weighted by atomic mass is 9.97. The van der Waals surface area contributed by atoms with Crippen molar-refractivity contribution in [3.63, 3.8) is 0 Å². The van der Waals surface area contributed by atoms with Gasteiger partial charge >= 0.3 is 5.97 Å². The smallest absolute Gasteiger partial charge is 0.320 e. The maximum absolute atomic E-state index is 11.8. The first kappa shape index (κ1) is 14.9. The molecule has 0 aromatic carbocycles. The number of carbonyl (C=O) groups is 2. The topological polar surface area (TPSA) is 84.7 Å². The molecule has 1 unspecified atom stereocenters. The summed E-state index contributed by atoms with van der Waals surface area (Å²) in [7, 11) is 0. The number of nitrogens with two attached hydrogens (primary N) is 1. The zero-order valence-electron chi connectivity index (χ0n) is 11.0. The van der Waals surface area contributed by atoms with E-state index in [1.54, 1.807) is 6.92 Å². The van der Waals surface area contributed by atoms with Gasteiger partial charge < -0.3 is 15.8 Å². The average Bonchev–Trinajstić information content (AvgIpc) is 2.36. The van der Waals surface area contributed by atoms with Gasteiger partial charge in [-0.05, 0) is 26.3 Å². The third-order valence-electron chi connectivity index (χ3n) is 2.98. The largest absolute Gasteiger partial charge is 0.465 e. The van der Waals surface area contributed by atoms with Crippen molar-refractivity contribution in [3.8, 4) is 0 Å². The monoisotopic (exact) mass is 257 g/mol. The third-order valence-corrected chi connectivity index (χ3v) is 2.98. The first-order valence-electron chi connectivity index (χ1n) is 6.53. The van der Waals surface area contributed by atoms with Crippen LogP contribution in [0.15, 0.2) is 0 Å². The Labute approximate surface area is 108 Å². The number of piperidine rings is 1. The molecule has 0 aromatic heterocycles. The van der Waals surface area contributed by atoms with Crippen LogP contribution in [0.4, 0.5) is 0 Å². The summed E-state index contributed by atoms with van der Waals surface area (Å²) in [6.45, 7) is 4.88. The van der Waals surface area contributed by atoms with Gasteiger partial charge in [-0.1, -0.05) is 0 Å². The molecule has 1 atom stereocenters. The van der Waals surface area contributed by atoms with Gasteiger partial charge in [-0.2, -0.15) is 0 Å². The molecule has 0 radical (unpaired) electrons. The third kappa shape index (κ3) is 5.01. The Kier molecular flexibility index (Phi) is 6.67. The number of hydrogen-bond acceptors (Lipinski definition) is 5. The van der Waals surface area contributed by atoms with Crippen molar-refractivity contribution < 1.29 is 14.3 Å². The Morgan fingerprint density at radius 1 is 1.50 bits per heavy atom. The number of carbonyl (C=O) groups excluding carboxylic acids is 2. The number of nitrogens with zero attached hydrogens (tertiary/aromatic N) is 1. The number of amides is 1. The molecule has 1 rings (SSSR count). The highest BCUT2D eigenvalue weighted by Crippen LogP contribution is 2.16. The van der Waals surface area contributed by atoms with Crippen molar-refractivity contribution in [3.05, 3.63) is 0 Å². The van der Waals surface area contributed by atoms with E-state index < -0.39 is 0 Å². The fourth-order valence-corrected chi connectivity index (χ4v) is 2.14. The second-order valence-electron chi connectivity index (χ2n) is 4.46. The maximum Gasteiger partial charge on any atom is 0.320 e. The van der Waals surface area contributed by atoms with E-state index in [0.717, 1.165) is 19.4 Å². The molecule has 0 aliphatic carbocycles. The van der Waals surface area contributed by atoms with Gasteiger partial charge in [-0.25, -0.2) is 0 Å². The van der Waals surface area contributed by atoms with Gasteiger partial charge in [0.1, 0.15) is 0 Å². The number of likely N-dealkylation sites (tertiary alicyclic amines) is 1. The minimum atomic E-state index is -0.222. The number of rotatable bonds is 6. The van der Waals surface area contributed by atoms with Crippen LogP contribution in [-0.2, 0) is 14.3 Å². The van der Waals surface area contributed by atoms with Gasteiger partial charge in [-0.3, -0.25) is 14.5 Å². The van der Waals surface area contributed by atoms with Crippen LogP contribution in [0.25, 0.3) is 0 Å². The normalized spacial score (nSPS) is 20.4. The minimum Gasteiger partial charge on any atom is -0.465 e. The fraction of sp³-hybridized carbons (Fsp3) is 0.833.